The van der Waals surface area contributed by atoms with Crippen LogP contribution in [0.3, 0.4) is 0 Å². The summed E-state index contributed by atoms with van der Waals surface area (Å²) in [5, 5.41) is 0. The lowest BCUT2D eigenvalue weighted by molar-refractivity contribution is -0.117. The Labute approximate surface area is 69.2 Å². The number of aldehydes is 1. The summed E-state index contributed by atoms with van der Waals surface area (Å²) >= 11 is 0. The Morgan fingerprint density at radius 1 is 1.45 bits per heavy atom. The summed E-state index contributed by atoms with van der Waals surface area (Å²) in [5.74, 6) is 0. The Bertz CT molecular complexity index is 154. The lowest BCUT2D eigenvalue weighted by Gasteiger charge is -2.42. The third kappa shape index (κ3) is 2.05. The summed E-state index contributed by atoms with van der Waals surface area (Å²) in [7, 11) is 0. The average Bonchev–Trinajstić information content (AvgIpc) is 1.84. The maximum atomic E-state index is 10.6. The predicted octanol–water partition coefficient (Wildman–Crippen LogP) is 2.79. The van der Waals surface area contributed by atoms with Crippen molar-refractivity contribution < 1.29 is 4.79 Å². The van der Waals surface area contributed by atoms with Crippen molar-refractivity contribution >= 4 is 6.29 Å². The molecular formula is C10H18O. The zero-order valence-corrected chi connectivity index (χ0v) is 7.81. The van der Waals surface area contributed by atoms with Gasteiger partial charge in [-0.2, -0.15) is 0 Å². The van der Waals surface area contributed by atoms with Gasteiger partial charge in [0, 0.05) is 5.41 Å². The maximum Gasteiger partial charge on any atom is 0.125 e. The fourth-order valence-electron chi connectivity index (χ4n) is 2.10. The Morgan fingerprint density at radius 3 is 2.27 bits per heavy atom. The molecule has 0 aromatic carbocycles. The molecule has 0 spiro atoms. The first-order valence-electron chi connectivity index (χ1n) is 4.44. The molecule has 0 bridgehead atoms. The van der Waals surface area contributed by atoms with E-state index in [0.717, 1.165) is 12.7 Å². The standard InChI is InChI=1S/C10H18O/c1-9(2,8-11)7-10(3)5-4-6-10/h8H,4-7H2,1-3H3. The molecule has 1 rings (SSSR count). The number of rotatable bonds is 3. The first kappa shape index (κ1) is 8.76. The molecule has 1 aliphatic rings. The molecule has 1 nitrogen and oxygen atoms in total. The molecule has 0 aromatic heterocycles. The molecule has 0 N–H and O–H groups in total. The molecule has 0 radical (unpaired) electrons. The first-order chi connectivity index (χ1) is 4.97. The van der Waals surface area contributed by atoms with E-state index in [0.29, 0.717) is 5.41 Å². The van der Waals surface area contributed by atoms with E-state index in [9.17, 15) is 4.79 Å². The van der Waals surface area contributed by atoms with E-state index < -0.39 is 0 Å². The molecule has 1 heteroatoms. The summed E-state index contributed by atoms with van der Waals surface area (Å²) in [6, 6.07) is 0. The Hall–Kier alpha value is -0.330. The van der Waals surface area contributed by atoms with Gasteiger partial charge in [-0.25, -0.2) is 0 Å². The SMILES string of the molecule is CC(C)(C=O)CC1(C)CCC1. The summed E-state index contributed by atoms with van der Waals surface area (Å²) in [4.78, 5) is 10.6. The minimum atomic E-state index is -0.102. The van der Waals surface area contributed by atoms with Crippen LogP contribution >= 0.6 is 0 Å². The normalized spacial score (nSPS) is 22.5. The van der Waals surface area contributed by atoms with Gasteiger partial charge in [0.1, 0.15) is 6.29 Å². The zero-order chi connectivity index (χ0) is 8.54. The third-order valence-corrected chi connectivity index (χ3v) is 2.76. The van der Waals surface area contributed by atoms with Crippen LogP contribution in [0.5, 0.6) is 0 Å². The van der Waals surface area contributed by atoms with Crippen LogP contribution in [-0.4, -0.2) is 6.29 Å². The second-order valence-electron chi connectivity index (χ2n) is 4.95. The van der Waals surface area contributed by atoms with E-state index in [1.54, 1.807) is 0 Å². The molecule has 1 saturated carbocycles. The highest BCUT2D eigenvalue weighted by atomic mass is 16.1. The van der Waals surface area contributed by atoms with Crippen LogP contribution in [0.2, 0.25) is 0 Å². The summed E-state index contributed by atoms with van der Waals surface area (Å²) in [6.07, 6.45) is 6.13. The van der Waals surface area contributed by atoms with Crippen molar-refractivity contribution in [2.45, 2.75) is 46.5 Å². The minimum Gasteiger partial charge on any atom is -0.303 e. The second kappa shape index (κ2) is 2.62. The van der Waals surface area contributed by atoms with Crippen LogP contribution in [0.4, 0.5) is 0 Å². The highest BCUT2D eigenvalue weighted by Crippen LogP contribution is 2.47. The molecule has 0 unspecified atom stereocenters. The quantitative estimate of drug-likeness (QED) is 0.571. The molecule has 1 fully saturated rings. The molecule has 0 aliphatic heterocycles. The number of hydrogen-bond donors (Lipinski definition) is 0. The Balaban J connectivity index is 2.46. The number of carbonyl (C=O) groups excluding carboxylic acids is 1. The van der Waals surface area contributed by atoms with Crippen LogP contribution in [0.25, 0.3) is 0 Å². The highest BCUT2D eigenvalue weighted by Gasteiger charge is 2.36. The lowest BCUT2D eigenvalue weighted by atomic mass is 9.63. The van der Waals surface area contributed by atoms with Crippen LogP contribution in [0.15, 0.2) is 0 Å². The van der Waals surface area contributed by atoms with Crippen LogP contribution < -0.4 is 0 Å². The van der Waals surface area contributed by atoms with Crippen molar-refractivity contribution in [1.82, 2.24) is 0 Å². The topological polar surface area (TPSA) is 17.1 Å². The predicted molar refractivity (Wildman–Crippen MR) is 46.4 cm³/mol. The van der Waals surface area contributed by atoms with Gasteiger partial charge in [-0.1, -0.05) is 27.2 Å². The second-order valence-corrected chi connectivity index (χ2v) is 4.95. The summed E-state index contributed by atoms with van der Waals surface area (Å²) < 4.78 is 0. The fraction of sp³-hybridized carbons (Fsp3) is 0.900. The van der Waals surface area contributed by atoms with E-state index in [1.807, 2.05) is 13.8 Å². The smallest absolute Gasteiger partial charge is 0.125 e. The van der Waals surface area contributed by atoms with Crippen molar-refractivity contribution in [3.05, 3.63) is 0 Å². The van der Waals surface area contributed by atoms with E-state index in [-0.39, 0.29) is 5.41 Å². The van der Waals surface area contributed by atoms with Crippen molar-refractivity contribution in [2.24, 2.45) is 10.8 Å². The lowest BCUT2D eigenvalue weighted by Crippen LogP contribution is -2.32. The van der Waals surface area contributed by atoms with Crippen LogP contribution in [0.1, 0.15) is 46.5 Å². The molecule has 64 valence electrons. The molecule has 0 amide bonds. The molecular weight excluding hydrogens is 136 g/mol. The minimum absolute atomic E-state index is 0.102. The third-order valence-electron chi connectivity index (χ3n) is 2.76. The van der Waals surface area contributed by atoms with Gasteiger partial charge in [0.2, 0.25) is 0 Å². The van der Waals surface area contributed by atoms with Gasteiger partial charge in [-0.15, -0.1) is 0 Å². The van der Waals surface area contributed by atoms with E-state index >= 15 is 0 Å². The van der Waals surface area contributed by atoms with Gasteiger partial charge in [0.05, 0.1) is 0 Å². The van der Waals surface area contributed by atoms with Gasteiger partial charge in [-0.05, 0) is 24.7 Å². The van der Waals surface area contributed by atoms with E-state index in [1.165, 1.54) is 19.3 Å². The Morgan fingerprint density at radius 2 is 2.00 bits per heavy atom. The number of carbonyl (C=O) groups is 1. The summed E-state index contributed by atoms with van der Waals surface area (Å²) in [6.45, 7) is 6.36. The van der Waals surface area contributed by atoms with Crippen molar-refractivity contribution in [3.63, 3.8) is 0 Å². The van der Waals surface area contributed by atoms with Gasteiger partial charge in [-0.3, -0.25) is 0 Å². The van der Waals surface area contributed by atoms with Gasteiger partial charge < -0.3 is 4.79 Å². The van der Waals surface area contributed by atoms with Crippen LogP contribution in [0, 0.1) is 10.8 Å². The van der Waals surface area contributed by atoms with E-state index in [4.69, 9.17) is 0 Å². The molecule has 0 heterocycles. The zero-order valence-electron chi connectivity index (χ0n) is 7.81. The molecule has 0 atom stereocenters. The monoisotopic (exact) mass is 154 g/mol. The van der Waals surface area contributed by atoms with Crippen LogP contribution in [-0.2, 0) is 4.79 Å². The fourth-order valence-corrected chi connectivity index (χ4v) is 2.10. The summed E-state index contributed by atoms with van der Waals surface area (Å²) in [5.41, 5.74) is 0.375. The Kier molecular flexibility index (Phi) is 2.08. The van der Waals surface area contributed by atoms with E-state index in [2.05, 4.69) is 6.92 Å². The maximum absolute atomic E-state index is 10.6. The van der Waals surface area contributed by atoms with Crippen molar-refractivity contribution in [3.8, 4) is 0 Å². The molecule has 11 heavy (non-hydrogen) atoms. The molecule has 0 saturated heterocycles. The van der Waals surface area contributed by atoms with Crippen molar-refractivity contribution in [1.29, 1.82) is 0 Å². The molecule has 0 aromatic rings. The largest absolute Gasteiger partial charge is 0.303 e. The van der Waals surface area contributed by atoms with Crippen molar-refractivity contribution in [2.75, 3.05) is 0 Å². The van der Waals surface area contributed by atoms with Gasteiger partial charge >= 0.3 is 0 Å². The number of hydrogen-bond acceptors (Lipinski definition) is 1. The van der Waals surface area contributed by atoms with Gasteiger partial charge in [0.15, 0.2) is 0 Å². The highest BCUT2D eigenvalue weighted by molar-refractivity contribution is 5.57. The average molecular weight is 154 g/mol. The van der Waals surface area contributed by atoms with Gasteiger partial charge in [0.25, 0.3) is 0 Å². The molecule has 1 aliphatic carbocycles. The first-order valence-corrected chi connectivity index (χ1v) is 4.44.